The number of amides is 2. The molecule has 5 nitrogen and oxygen atoms in total. The van der Waals surface area contributed by atoms with Gasteiger partial charge in [0.05, 0.1) is 17.5 Å². The molecule has 154 valence electrons. The number of thioether (sulfide) groups is 1. The summed E-state index contributed by atoms with van der Waals surface area (Å²) in [5.74, 6) is 0.417. The Bertz CT molecular complexity index is 998. The van der Waals surface area contributed by atoms with Crippen LogP contribution in [-0.2, 0) is 9.59 Å². The standard InChI is InChI=1S/C24H24N2O3S/c1-2-3-16-29-20-10-6-19(7-11-20)26-23(27)17-22(24(26)28)30-21-12-8-18(9-13-21)25-14-4-5-15-25/h4-15,22H,2-3,16-17H2,1H3. The zero-order valence-corrected chi connectivity index (χ0v) is 17.7. The number of anilines is 1. The summed E-state index contributed by atoms with van der Waals surface area (Å²) in [4.78, 5) is 27.7. The zero-order valence-electron chi connectivity index (χ0n) is 16.9. The van der Waals surface area contributed by atoms with Gasteiger partial charge in [-0.25, -0.2) is 4.90 Å². The van der Waals surface area contributed by atoms with Crippen molar-refractivity contribution in [2.45, 2.75) is 36.3 Å². The van der Waals surface area contributed by atoms with Gasteiger partial charge in [-0.15, -0.1) is 11.8 Å². The Morgan fingerprint density at radius 3 is 2.30 bits per heavy atom. The summed E-state index contributed by atoms with van der Waals surface area (Å²) in [5, 5.41) is -0.407. The number of hydrogen-bond acceptors (Lipinski definition) is 4. The molecule has 2 heterocycles. The van der Waals surface area contributed by atoms with E-state index in [1.165, 1.54) is 16.7 Å². The van der Waals surface area contributed by atoms with Crippen LogP contribution in [0.5, 0.6) is 5.75 Å². The van der Waals surface area contributed by atoms with Crippen LogP contribution in [0.3, 0.4) is 0 Å². The number of carbonyl (C=O) groups is 2. The summed E-state index contributed by atoms with van der Waals surface area (Å²) in [6.07, 6.45) is 6.25. The summed E-state index contributed by atoms with van der Waals surface area (Å²) < 4.78 is 7.68. The van der Waals surface area contributed by atoms with Crippen molar-refractivity contribution in [1.82, 2.24) is 4.57 Å². The van der Waals surface area contributed by atoms with Crippen LogP contribution in [0, 0.1) is 0 Å². The van der Waals surface area contributed by atoms with Crippen LogP contribution >= 0.6 is 11.8 Å². The van der Waals surface area contributed by atoms with Crippen molar-refractivity contribution < 1.29 is 14.3 Å². The van der Waals surface area contributed by atoms with Gasteiger partial charge in [-0.3, -0.25) is 9.59 Å². The van der Waals surface area contributed by atoms with Crippen molar-refractivity contribution >= 4 is 29.3 Å². The largest absolute Gasteiger partial charge is 0.494 e. The smallest absolute Gasteiger partial charge is 0.247 e. The van der Waals surface area contributed by atoms with Crippen LogP contribution in [0.15, 0.2) is 78.0 Å². The molecular formula is C24H24N2O3S. The molecule has 1 fully saturated rings. The minimum Gasteiger partial charge on any atom is -0.494 e. The van der Waals surface area contributed by atoms with Crippen LogP contribution in [-0.4, -0.2) is 28.2 Å². The van der Waals surface area contributed by atoms with Gasteiger partial charge in [0.2, 0.25) is 11.8 Å². The van der Waals surface area contributed by atoms with Crippen molar-refractivity contribution in [3.05, 3.63) is 73.1 Å². The molecule has 6 heteroatoms. The van der Waals surface area contributed by atoms with E-state index in [-0.39, 0.29) is 18.2 Å². The Morgan fingerprint density at radius 1 is 0.967 bits per heavy atom. The Hall–Kier alpha value is -2.99. The molecule has 1 aliphatic rings. The SMILES string of the molecule is CCCCOc1ccc(N2C(=O)CC(Sc3ccc(-n4cccc4)cc3)C2=O)cc1. The molecule has 0 N–H and O–H groups in total. The third-order valence-electron chi connectivity index (χ3n) is 4.98. The summed E-state index contributed by atoms with van der Waals surface area (Å²) in [6.45, 7) is 2.78. The number of hydrogen-bond donors (Lipinski definition) is 0. The second-order valence-electron chi connectivity index (χ2n) is 7.16. The predicted molar refractivity (Wildman–Crippen MR) is 119 cm³/mol. The molecule has 1 aromatic heterocycles. The highest BCUT2D eigenvalue weighted by atomic mass is 32.2. The van der Waals surface area contributed by atoms with Crippen LogP contribution in [0.1, 0.15) is 26.2 Å². The average Bonchev–Trinajstić information content (AvgIpc) is 3.38. The first kappa shape index (κ1) is 20.3. The van der Waals surface area contributed by atoms with E-state index >= 15 is 0 Å². The van der Waals surface area contributed by atoms with Gasteiger partial charge in [-0.2, -0.15) is 0 Å². The van der Waals surface area contributed by atoms with E-state index in [4.69, 9.17) is 4.74 Å². The highest BCUT2D eigenvalue weighted by Gasteiger charge is 2.40. The summed E-state index contributed by atoms with van der Waals surface area (Å²) in [6, 6.07) is 19.1. The first-order valence-corrected chi connectivity index (χ1v) is 11.0. The first-order chi connectivity index (χ1) is 14.7. The first-order valence-electron chi connectivity index (χ1n) is 10.2. The van der Waals surface area contributed by atoms with Gasteiger partial charge in [0.1, 0.15) is 5.75 Å². The molecule has 0 aliphatic carbocycles. The quantitative estimate of drug-likeness (QED) is 0.377. The fraction of sp³-hybridized carbons (Fsp3) is 0.250. The Labute approximate surface area is 180 Å². The molecule has 4 rings (SSSR count). The maximum Gasteiger partial charge on any atom is 0.247 e. The lowest BCUT2D eigenvalue weighted by Crippen LogP contribution is -2.31. The van der Waals surface area contributed by atoms with Gasteiger partial charge in [-0.05, 0) is 67.1 Å². The van der Waals surface area contributed by atoms with Crippen LogP contribution in [0.4, 0.5) is 5.69 Å². The van der Waals surface area contributed by atoms with E-state index in [2.05, 4.69) is 6.92 Å². The molecule has 30 heavy (non-hydrogen) atoms. The van der Waals surface area contributed by atoms with E-state index in [0.717, 1.165) is 29.2 Å². The van der Waals surface area contributed by atoms with Gasteiger partial charge in [0, 0.05) is 29.4 Å². The van der Waals surface area contributed by atoms with Crippen molar-refractivity contribution in [1.29, 1.82) is 0 Å². The second-order valence-corrected chi connectivity index (χ2v) is 8.43. The van der Waals surface area contributed by atoms with E-state index in [1.807, 2.05) is 65.5 Å². The number of nitrogens with zero attached hydrogens (tertiary/aromatic N) is 2. The van der Waals surface area contributed by atoms with Crippen LogP contribution in [0.25, 0.3) is 5.69 Å². The van der Waals surface area contributed by atoms with Crippen LogP contribution in [0.2, 0.25) is 0 Å². The summed E-state index contributed by atoms with van der Waals surface area (Å²) in [7, 11) is 0. The van der Waals surface area contributed by atoms with E-state index in [1.54, 1.807) is 12.1 Å². The number of unbranched alkanes of at least 4 members (excludes halogenated alkanes) is 1. The molecule has 3 aromatic rings. The maximum atomic E-state index is 12.9. The number of benzene rings is 2. The molecule has 1 aliphatic heterocycles. The minimum absolute atomic E-state index is 0.166. The van der Waals surface area contributed by atoms with Crippen molar-refractivity contribution in [2.24, 2.45) is 0 Å². The normalized spacial score (nSPS) is 16.3. The second kappa shape index (κ2) is 9.22. The highest BCUT2D eigenvalue weighted by Crippen LogP contribution is 2.34. The lowest BCUT2D eigenvalue weighted by Gasteiger charge is -2.16. The summed E-state index contributed by atoms with van der Waals surface area (Å²) in [5.41, 5.74) is 1.65. The predicted octanol–water partition coefficient (Wildman–Crippen LogP) is 5.08. The molecule has 1 saturated heterocycles. The van der Waals surface area contributed by atoms with Gasteiger partial charge in [0.15, 0.2) is 0 Å². The summed E-state index contributed by atoms with van der Waals surface area (Å²) >= 11 is 1.44. The number of imide groups is 1. The molecule has 0 bridgehead atoms. The van der Waals surface area contributed by atoms with Gasteiger partial charge < -0.3 is 9.30 Å². The molecule has 2 amide bonds. The van der Waals surface area contributed by atoms with E-state index in [9.17, 15) is 9.59 Å². The Balaban J connectivity index is 1.41. The number of aromatic nitrogens is 1. The van der Waals surface area contributed by atoms with Crippen LogP contribution < -0.4 is 9.64 Å². The third-order valence-corrected chi connectivity index (χ3v) is 6.18. The number of ether oxygens (including phenoxy) is 1. The van der Waals surface area contributed by atoms with Gasteiger partial charge >= 0.3 is 0 Å². The highest BCUT2D eigenvalue weighted by molar-refractivity contribution is 8.00. The number of carbonyl (C=O) groups excluding carboxylic acids is 2. The monoisotopic (exact) mass is 420 g/mol. The lowest BCUT2D eigenvalue weighted by atomic mass is 10.2. The molecule has 0 spiro atoms. The van der Waals surface area contributed by atoms with Gasteiger partial charge in [0.25, 0.3) is 0 Å². The fourth-order valence-corrected chi connectivity index (χ4v) is 4.41. The molecule has 0 saturated carbocycles. The molecule has 0 radical (unpaired) electrons. The van der Waals surface area contributed by atoms with E-state index in [0.29, 0.717) is 12.3 Å². The number of rotatable bonds is 8. The average molecular weight is 421 g/mol. The zero-order chi connectivity index (χ0) is 20.9. The van der Waals surface area contributed by atoms with Gasteiger partial charge in [-0.1, -0.05) is 13.3 Å². The molecule has 2 aromatic carbocycles. The van der Waals surface area contributed by atoms with Crippen molar-refractivity contribution in [3.8, 4) is 11.4 Å². The van der Waals surface area contributed by atoms with Crippen molar-refractivity contribution in [3.63, 3.8) is 0 Å². The van der Waals surface area contributed by atoms with E-state index < -0.39 is 5.25 Å². The fourth-order valence-electron chi connectivity index (χ4n) is 3.36. The third kappa shape index (κ3) is 4.44. The maximum absolute atomic E-state index is 12.9. The minimum atomic E-state index is -0.407. The Morgan fingerprint density at radius 2 is 1.63 bits per heavy atom. The molecule has 1 unspecified atom stereocenters. The molecule has 1 atom stereocenters. The lowest BCUT2D eigenvalue weighted by molar-refractivity contribution is -0.121. The van der Waals surface area contributed by atoms with Crippen molar-refractivity contribution in [2.75, 3.05) is 11.5 Å². The topological polar surface area (TPSA) is 51.5 Å². The molecular weight excluding hydrogens is 396 g/mol. The Kier molecular flexibility index (Phi) is 6.23.